The van der Waals surface area contributed by atoms with E-state index in [1.54, 1.807) is 26.0 Å². The number of carbonyl (C=O) groups excluding carboxylic acids is 2. The molecule has 0 saturated heterocycles. The average Bonchev–Trinajstić information content (AvgIpc) is 2.84. The number of hydrogen-bond donors (Lipinski definition) is 3. The van der Waals surface area contributed by atoms with Crippen molar-refractivity contribution in [2.45, 2.75) is 89.3 Å². The fraction of sp³-hybridized carbons (Fsp3) is 0.727. The molecule has 0 aliphatic heterocycles. The summed E-state index contributed by atoms with van der Waals surface area (Å²) in [7, 11) is 0. The monoisotopic (exact) mass is 380 g/mol. The Morgan fingerprint density at radius 3 is 2.67 bits per heavy atom. The highest BCUT2D eigenvalue weighted by molar-refractivity contribution is 5.86. The third kappa shape index (κ3) is 9.99. The third-order valence-electron chi connectivity index (χ3n) is 5.09. The van der Waals surface area contributed by atoms with Crippen molar-refractivity contribution in [3.8, 4) is 0 Å². The number of rotatable bonds is 13. The molecule has 3 N–H and O–H groups in total. The Hall–Kier alpha value is -1.30. The molecule has 5 nitrogen and oxygen atoms in total. The van der Waals surface area contributed by atoms with Crippen LogP contribution in [0.4, 0.5) is 0 Å². The summed E-state index contributed by atoms with van der Waals surface area (Å²) in [4.78, 5) is 23.1. The number of aliphatic hydroxyl groups excluding tert-OH is 1. The largest absolute Gasteiger partial charge is 0.396 e. The molecule has 0 amide bonds. The van der Waals surface area contributed by atoms with Gasteiger partial charge in [0.05, 0.1) is 11.2 Å². The van der Waals surface area contributed by atoms with Crippen molar-refractivity contribution >= 4 is 11.6 Å². The van der Waals surface area contributed by atoms with Gasteiger partial charge in [-0.3, -0.25) is 4.79 Å². The van der Waals surface area contributed by atoms with Gasteiger partial charge in [0.25, 0.3) is 0 Å². The highest BCUT2D eigenvalue weighted by Gasteiger charge is 2.40. The molecule has 1 fully saturated rings. The van der Waals surface area contributed by atoms with E-state index in [4.69, 9.17) is 5.11 Å². The van der Waals surface area contributed by atoms with Crippen LogP contribution in [0.5, 0.6) is 0 Å². The zero-order valence-corrected chi connectivity index (χ0v) is 16.8. The lowest BCUT2D eigenvalue weighted by atomic mass is 9.93. The predicted octanol–water partition coefficient (Wildman–Crippen LogP) is 3.26. The van der Waals surface area contributed by atoms with E-state index in [0.29, 0.717) is 32.1 Å². The standard InChI is InChI=1S/C22H36O5/c1-18(24)10-5-3-4-6-11-19-16-22(27,17-20(19)25)14-9-13-21(2,26)12-7-8-15-23/h6,9,11,14,19,23,26-27H,3-5,7-8,10,12-13,15-17H2,1-2H3/t19-,21?,22+/m0/s1. The molecule has 1 aliphatic rings. The van der Waals surface area contributed by atoms with E-state index in [1.165, 1.54) is 0 Å². The first-order chi connectivity index (χ1) is 12.7. The van der Waals surface area contributed by atoms with E-state index in [1.807, 2.05) is 12.2 Å². The van der Waals surface area contributed by atoms with Gasteiger partial charge in [-0.2, -0.15) is 0 Å². The fourth-order valence-corrected chi connectivity index (χ4v) is 3.45. The van der Waals surface area contributed by atoms with Crippen molar-refractivity contribution in [2.75, 3.05) is 6.61 Å². The molecule has 0 spiro atoms. The molecule has 1 aliphatic carbocycles. The van der Waals surface area contributed by atoms with Gasteiger partial charge in [-0.25, -0.2) is 0 Å². The van der Waals surface area contributed by atoms with Gasteiger partial charge in [-0.15, -0.1) is 0 Å². The van der Waals surface area contributed by atoms with Gasteiger partial charge in [-0.05, 0) is 65.2 Å². The number of carbonyl (C=O) groups is 2. The molecule has 154 valence electrons. The molecule has 27 heavy (non-hydrogen) atoms. The molecule has 0 aromatic rings. The summed E-state index contributed by atoms with van der Waals surface area (Å²) in [5.74, 6) is -0.0245. The maximum atomic E-state index is 12.2. The molecule has 0 aromatic carbocycles. The van der Waals surface area contributed by atoms with Gasteiger partial charge >= 0.3 is 0 Å². The summed E-state index contributed by atoms with van der Waals surface area (Å²) in [6.07, 6.45) is 13.4. The van der Waals surface area contributed by atoms with Crippen LogP contribution in [0.3, 0.4) is 0 Å². The van der Waals surface area contributed by atoms with Crippen molar-refractivity contribution in [2.24, 2.45) is 5.92 Å². The molecule has 1 saturated carbocycles. The van der Waals surface area contributed by atoms with Crippen LogP contribution in [0.25, 0.3) is 0 Å². The first-order valence-corrected chi connectivity index (χ1v) is 10.1. The quantitative estimate of drug-likeness (QED) is 0.337. The fourth-order valence-electron chi connectivity index (χ4n) is 3.45. The van der Waals surface area contributed by atoms with Crippen LogP contribution >= 0.6 is 0 Å². The topological polar surface area (TPSA) is 94.8 Å². The molecule has 1 rings (SSSR count). The SMILES string of the molecule is CC(=O)CCCCC=C[C@H]1C[C@](O)(C=CCC(C)(O)CCCCO)CC1=O. The summed E-state index contributed by atoms with van der Waals surface area (Å²) in [6, 6.07) is 0. The zero-order chi connectivity index (χ0) is 20.3. The number of Topliss-reactive ketones (excluding diaryl/α,β-unsaturated/α-hetero) is 2. The Bertz CT molecular complexity index is 535. The minimum absolute atomic E-state index is 0.0387. The lowest BCUT2D eigenvalue weighted by Crippen LogP contribution is -2.25. The maximum absolute atomic E-state index is 12.2. The van der Waals surface area contributed by atoms with Crippen LogP contribution < -0.4 is 0 Å². The van der Waals surface area contributed by atoms with E-state index in [2.05, 4.69) is 0 Å². The summed E-state index contributed by atoms with van der Waals surface area (Å²) in [5, 5.41) is 29.8. The van der Waals surface area contributed by atoms with Gasteiger partial charge in [0.15, 0.2) is 0 Å². The Labute approximate surface area is 163 Å². The summed E-state index contributed by atoms with van der Waals surface area (Å²) >= 11 is 0. The molecular formula is C22H36O5. The number of ketones is 2. The third-order valence-corrected chi connectivity index (χ3v) is 5.09. The zero-order valence-electron chi connectivity index (χ0n) is 16.8. The van der Waals surface area contributed by atoms with Crippen molar-refractivity contribution in [3.63, 3.8) is 0 Å². The molecule has 0 aromatic heterocycles. The molecule has 3 atom stereocenters. The normalized spacial score (nSPS) is 25.5. The number of unbranched alkanes of at least 4 members (excludes halogenated alkanes) is 3. The van der Waals surface area contributed by atoms with Crippen molar-refractivity contribution in [3.05, 3.63) is 24.3 Å². The number of allylic oxidation sites excluding steroid dienone is 2. The van der Waals surface area contributed by atoms with Crippen LogP contribution in [-0.4, -0.2) is 44.7 Å². The van der Waals surface area contributed by atoms with E-state index in [9.17, 15) is 19.8 Å². The minimum atomic E-state index is -1.14. The second-order valence-electron chi connectivity index (χ2n) is 8.22. The highest BCUT2D eigenvalue weighted by Crippen LogP contribution is 2.34. The Morgan fingerprint density at radius 2 is 2.00 bits per heavy atom. The van der Waals surface area contributed by atoms with Gasteiger partial charge in [0.1, 0.15) is 11.6 Å². The second-order valence-corrected chi connectivity index (χ2v) is 8.22. The lowest BCUT2D eigenvalue weighted by molar-refractivity contribution is -0.120. The Morgan fingerprint density at radius 1 is 1.26 bits per heavy atom. The van der Waals surface area contributed by atoms with Crippen LogP contribution in [0.15, 0.2) is 24.3 Å². The maximum Gasteiger partial charge on any atom is 0.143 e. The molecule has 0 bridgehead atoms. The highest BCUT2D eigenvalue weighted by atomic mass is 16.3. The van der Waals surface area contributed by atoms with Crippen molar-refractivity contribution in [1.82, 2.24) is 0 Å². The smallest absolute Gasteiger partial charge is 0.143 e. The van der Waals surface area contributed by atoms with Gasteiger partial charge in [0.2, 0.25) is 0 Å². The summed E-state index contributed by atoms with van der Waals surface area (Å²) < 4.78 is 0. The number of aliphatic hydroxyl groups is 3. The minimum Gasteiger partial charge on any atom is -0.396 e. The second kappa shape index (κ2) is 11.5. The first-order valence-electron chi connectivity index (χ1n) is 10.1. The van der Waals surface area contributed by atoms with Gasteiger partial charge in [0, 0.05) is 25.4 Å². The van der Waals surface area contributed by atoms with E-state index >= 15 is 0 Å². The molecular weight excluding hydrogens is 344 g/mol. The van der Waals surface area contributed by atoms with Gasteiger partial charge in [-0.1, -0.05) is 24.3 Å². The van der Waals surface area contributed by atoms with Crippen molar-refractivity contribution in [1.29, 1.82) is 0 Å². The number of hydrogen-bond acceptors (Lipinski definition) is 5. The lowest BCUT2D eigenvalue weighted by Gasteiger charge is -2.22. The van der Waals surface area contributed by atoms with E-state index < -0.39 is 11.2 Å². The average molecular weight is 381 g/mol. The summed E-state index contributed by atoms with van der Waals surface area (Å²) in [5.41, 5.74) is -2.01. The van der Waals surface area contributed by atoms with E-state index in [0.717, 1.165) is 25.7 Å². The van der Waals surface area contributed by atoms with Crippen LogP contribution in [0.2, 0.25) is 0 Å². The van der Waals surface area contributed by atoms with Crippen LogP contribution in [0, 0.1) is 5.92 Å². The molecule has 0 heterocycles. The molecule has 5 heteroatoms. The Balaban J connectivity index is 2.42. The van der Waals surface area contributed by atoms with Gasteiger partial charge < -0.3 is 20.1 Å². The summed E-state index contributed by atoms with van der Waals surface area (Å²) in [6.45, 7) is 3.46. The Kier molecular flexibility index (Phi) is 10.1. The van der Waals surface area contributed by atoms with Crippen molar-refractivity contribution < 1.29 is 24.9 Å². The van der Waals surface area contributed by atoms with E-state index in [-0.39, 0.29) is 30.5 Å². The molecule has 1 unspecified atom stereocenters. The predicted molar refractivity (Wildman–Crippen MR) is 106 cm³/mol. The van der Waals surface area contributed by atoms with Crippen LogP contribution in [0.1, 0.15) is 78.1 Å². The molecule has 0 radical (unpaired) electrons. The van der Waals surface area contributed by atoms with Crippen LogP contribution in [-0.2, 0) is 9.59 Å². The first kappa shape index (κ1) is 23.7.